The molecule has 0 aliphatic carbocycles. The molecule has 4 N–H and O–H groups in total. The number of primary amides is 1. The Bertz CT molecular complexity index is 839. The number of H-pyrrole nitrogens is 1. The van der Waals surface area contributed by atoms with Crippen LogP contribution in [-0.4, -0.2) is 23.5 Å². The second kappa shape index (κ2) is 7.99. The zero-order chi connectivity index (χ0) is 17.6. The van der Waals surface area contributed by atoms with Crippen LogP contribution in [0.1, 0.15) is 34.8 Å². The molecule has 3 aromatic rings. The molecule has 25 heavy (non-hydrogen) atoms. The molecule has 1 amide bonds. The van der Waals surface area contributed by atoms with E-state index in [-0.39, 0.29) is 5.91 Å². The summed E-state index contributed by atoms with van der Waals surface area (Å²) in [6.45, 7) is 3.13. The Labute approximate surface area is 148 Å². The number of hydrogen-bond donors (Lipinski definition) is 3. The minimum absolute atomic E-state index is 0.387. The maximum atomic E-state index is 11.4. The average Bonchev–Trinajstić information content (AvgIpc) is 3.03. The number of nitrogens with one attached hydrogen (secondary N) is 2. The summed E-state index contributed by atoms with van der Waals surface area (Å²) in [7, 11) is 0. The number of aryl methyl sites for hydroxylation is 1. The Morgan fingerprint density at radius 1 is 1.16 bits per heavy atom. The molecule has 1 unspecified atom stereocenters. The van der Waals surface area contributed by atoms with Crippen LogP contribution in [0.2, 0.25) is 0 Å². The summed E-state index contributed by atoms with van der Waals surface area (Å²) in [5, 5.41) is 4.67. The van der Waals surface area contributed by atoms with Gasteiger partial charge in [-0.2, -0.15) is 0 Å². The molecule has 1 atom stereocenters. The molecular weight excluding hydrogens is 310 g/mol. The normalized spacial score (nSPS) is 12.4. The molecule has 1 heterocycles. The van der Waals surface area contributed by atoms with E-state index < -0.39 is 0 Å². The molecule has 0 spiro atoms. The highest BCUT2D eigenvalue weighted by Gasteiger charge is 2.08. The van der Waals surface area contributed by atoms with E-state index in [1.54, 1.807) is 6.07 Å². The number of fused-ring (bicyclic) bond motifs is 1. The second-order valence-electron chi connectivity index (χ2n) is 6.57. The van der Waals surface area contributed by atoms with Gasteiger partial charge in [-0.15, -0.1) is 0 Å². The van der Waals surface area contributed by atoms with Crippen molar-refractivity contribution < 1.29 is 4.79 Å². The van der Waals surface area contributed by atoms with Gasteiger partial charge in [0.1, 0.15) is 0 Å². The van der Waals surface area contributed by atoms with E-state index >= 15 is 0 Å². The van der Waals surface area contributed by atoms with Crippen LogP contribution in [0.4, 0.5) is 0 Å². The van der Waals surface area contributed by atoms with Gasteiger partial charge in [0.15, 0.2) is 0 Å². The van der Waals surface area contributed by atoms with Crippen molar-refractivity contribution in [2.24, 2.45) is 5.73 Å². The molecule has 2 aromatic carbocycles. The Morgan fingerprint density at radius 2 is 1.96 bits per heavy atom. The first kappa shape index (κ1) is 17.2. The number of nitrogens with two attached hydrogens (primary N) is 1. The minimum Gasteiger partial charge on any atom is -0.366 e. The van der Waals surface area contributed by atoms with Crippen LogP contribution in [0.3, 0.4) is 0 Å². The molecule has 0 fully saturated rings. The van der Waals surface area contributed by atoms with Gasteiger partial charge < -0.3 is 16.0 Å². The van der Waals surface area contributed by atoms with E-state index in [1.165, 1.54) is 11.1 Å². The average molecular weight is 335 g/mol. The number of carbonyl (C=O) groups excluding carboxylic acids is 1. The van der Waals surface area contributed by atoms with E-state index in [9.17, 15) is 4.79 Å². The van der Waals surface area contributed by atoms with Crippen molar-refractivity contribution in [1.29, 1.82) is 0 Å². The van der Waals surface area contributed by atoms with Crippen molar-refractivity contribution in [3.05, 3.63) is 71.4 Å². The SMILES string of the molecule is CC(CCc1ccccc1)NCCc1c[nH]c2ccc(C(N)=O)cc12. The van der Waals surface area contributed by atoms with E-state index in [2.05, 4.69) is 47.6 Å². The highest BCUT2D eigenvalue weighted by Crippen LogP contribution is 2.20. The van der Waals surface area contributed by atoms with Crippen LogP contribution in [-0.2, 0) is 12.8 Å². The Balaban J connectivity index is 1.52. The highest BCUT2D eigenvalue weighted by atomic mass is 16.1. The fraction of sp³-hybridized carbons (Fsp3) is 0.286. The smallest absolute Gasteiger partial charge is 0.248 e. The third kappa shape index (κ3) is 4.48. The third-order valence-corrected chi connectivity index (χ3v) is 4.65. The molecule has 0 saturated heterocycles. The molecule has 4 heteroatoms. The van der Waals surface area contributed by atoms with Gasteiger partial charge in [-0.3, -0.25) is 4.79 Å². The fourth-order valence-electron chi connectivity index (χ4n) is 3.12. The second-order valence-corrected chi connectivity index (χ2v) is 6.57. The van der Waals surface area contributed by atoms with Crippen LogP contribution >= 0.6 is 0 Å². The molecule has 130 valence electrons. The van der Waals surface area contributed by atoms with E-state index in [0.29, 0.717) is 11.6 Å². The van der Waals surface area contributed by atoms with Gasteiger partial charge in [0, 0.05) is 28.7 Å². The topological polar surface area (TPSA) is 70.9 Å². The number of aromatic nitrogens is 1. The maximum absolute atomic E-state index is 11.4. The van der Waals surface area contributed by atoms with Gasteiger partial charge in [-0.25, -0.2) is 0 Å². The van der Waals surface area contributed by atoms with Crippen molar-refractivity contribution in [3.63, 3.8) is 0 Å². The highest BCUT2D eigenvalue weighted by molar-refractivity contribution is 5.97. The molecule has 0 aliphatic rings. The summed E-state index contributed by atoms with van der Waals surface area (Å²) in [6.07, 6.45) is 5.14. The third-order valence-electron chi connectivity index (χ3n) is 4.65. The van der Waals surface area contributed by atoms with Crippen LogP contribution in [0.25, 0.3) is 10.9 Å². The van der Waals surface area contributed by atoms with Crippen LogP contribution in [0.5, 0.6) is 0 Å². The van der Waals surface area contributed by atoms with Crippen LogP contribution in [0, 0.1) is 0 Å². The van der Waals surface area contributed by atoms with Gasteiger partial charge in [0.25, 0.3) is 0 Å². The van der Waals surface area contributed by atoms with E-state index in [1.807, 2.05) is 18.3 Å². The number of carbonyl (C=O) groups is 1. The molecule has 0 saturated carbocycles. The van der Waals surface area contributed by atoms with Gasteiger partial charge in [0.05, 0.1) is 0 Å². The summed E-state index contributed by atoms with van der Waals surface area (Å²) in [6, 6.07) is 16.6. The molecule has 1 aromatic heterocycles. The first-order valence-corrected chi connectivity index (χ1v) is 8.80. The molecule has 3 rings (SSSR count). The monoisotopic (exact) mass is 335 g/mol. The first-order chi connectivity index (χ1) is 12.1. The molecular formula is C21H25N3O. The number of amides is 1. The summed E-state index contributed by atoms with van der Waals surface area (Å²) in [4.78, 5) is 14.6. The lowest BCUT2D eigenvalue weighted by atomic mass is 10.1. The summed E-state index contributed by atoms with van der Waals surface area (Å²) in [5.74, 6) is -0.387. The van der Waals surface area contributed by atoms with Gasteiger partial charge >= 0.3 is 0 Å². The molecule has 0 radical (unpaired) electrons. The maximum Gasteiger partial charge on any atom is 0.248 e. The number of benzene rings is 2. The van der Waals surface area contributed by atoms with Crippen molar-refractivity contribution in [2.75, 3.05) is 6.54 Å². The molecule has 4 nitrogen and oxygen atoms in total. The van der Waals surface area contributed by atoms with Gasteiger partial charge in [-0.05, 0) is 62.1 Å². The minimum atomic E-state index is -0.387. The predicted molar refractivity (Wildman–Crippen MR) is 103 cm³/mol. The zero-order valence-corrected chi connectivity index (χ0v) is 14.6. The predicted octanol–water partition coefficient (Wildman–Crippen LogP) is 3.42. The first-order valence-electron chi connectivity index (χ1n) is 8.80. The van der Waals surface area contributed by atoms with Gasteiger partial charge in [-0.1, -0.05) is 30.3 Å². The van der Waals surface area contributed by atoms with Gasteiger partial charge in [0.2, 0.25) is 5.91 Å². The lowest BCUT2D eigenvalue weighted by Crippen LogP contribution is -2.28. The standard InChI is InChI=1S/C21H25N3O/c1-15(7-8-16-5-3-2-4-6-16)23-12-11-18-14-24-20-10-9-17(21(22)25)13-19(18)20/h2-6,9-10,13-15,23-24H,7-8,11-12H2,1H3,(H2,22,25). The van der Waals surface area contributed by atoms with Crippen molar-refractivity contribution in [3.8, 4) is 0 Å². The summed E-state index contributed by atoms with van der Waals surface area (Å²) in [5.41, 5.74) is 9.57. The lowest BCUT2D eigenvalue weighted by molar-refractivity contribution is 0.100. The van der Waals surface area contributed by atoms with E-state index in [4.69, 9.17) is 5.73 Å². The zero-order valence-electron chi connectivity index (χ0n) is 14.6. The Hall–Kier alpha value is -2.59. The Kier molecular flexibility index (Phi) is 5.51. The van der Waals surface area contributed by atoms with Crippen molar-refractivity contribution >= 4 is 16.8 Å². The van der Waals surface area contributed by atoms with Crippen LogP contribution in [0.15, 0.2) is 54.7 Å². The van der Waals surface area contributed by atoms with Crippen molar-refractivity contribution in [2.45, 2.75) is 32.2 Å². The quantitative estimate of drug-likeness (QED) is 0.590. The molecule has 0 bridgehead atoms. The lowest BCUT2D eigenvalue weighted by Gasteiger charge is -2.13. The number of aromatic amines is 1. The summed E-state index contributed by atoms with van der Waals surface area (Å²) < 4.78 is 0. The fourth-order valence-corrected chi connectivity index (χ4v) is 3.12. The summed E-state index contributed by atoms with van der Waals surface area (Å²) >= 11 is 0. The number of hydrogen-bond acceptors (Lipinski definition) is 2. The Morgan fingerprint density at radius 3 is 2.72 bits per heavy atom. The van der Waals surface area contributed by atoms with Crippen LogP contribution < -0.4 is 11.1 Å². The molecule has 0 aliphatic heterocycles. The van der Waals surface area contributed by atoms with Crippen molar-refractivity contribution in [1.82, 2.24) is 10.3 Å². The number of rotatable bonds is 8. The largest absolute Gasteiger partial charge is 0.366 e. The van der Waals surface area contributed by atoms with E-state index in [0.717, 1.165) is 36.7 Å².